The molecule has 2 amide bonds. The number of likely N-dealkylation sites (tertiary alicyclic amines) is 1. The normalized spacial score (nSPS) is 20.0. The summed E-state index contributed by atoms with van der Waals surface area (Å²) in [7, 11) is 0. The monoisotopic (exact) mass is 535 g/mol. The Hall–Kier alpha value is -3.90. The summed E-state index contributed by atoms with van der Waals surface area (Å²) in [5, 5.41) is 2.79. The van der Waals surface area contributed by atoms with Crippen LogP contribution in [-0.4, -0.2) is 40.7 Å². The number of ether oxygens (including phenoxy) is 1. The molecule has 1 N–H and O–H groups in total. The lowest BCUT2D eigenvalue weighted by atomic mass is 9.89. The van der Waals surface area contributed by atoms with Gasteiger partial charge in [-0.15, -0.1) is 0 Å². The molecule has 6 nitrogen and oxygen atoms in total. The van der Waals surface area contributed by atoms with E-state index in [4.69, 9.17) is 4.74 Å². The van der Waals surface area contributed by atoms with E-state index in [0.717, 1.165) is 30.8 Å². The molecule has 3 aliphatic heterocycles. The Kier molecular flexibility index (Phi) is 7.44. The fourth-order valence-corrected chi connectivity index (χ4v) is 6.20. The van der Waals surface area contributed by atoms with Gasteiger partial charge >= 0.3 is 0 Å². The van der Waals surface area contributed by atoms with Crippen LogP contribution in [0.3, 0.4) is 0 Å². The minimum Gasteiger partial charge on any atom is -0.489 e. The number of aryl methyl sites for hydroxylation is 1. The van der Waals surface area contributed by atoms with Crippen molar-refractivity contribution >= 4 is 11.8 Å². The van der Waals surface area contributed by atoms with Crippen LogP contribution >= 0.6 is 0 Å². The summed E-state index contributed by atoms with van der Waals surface area (Å²) < 4.78 is 6.21. The van der Waals surface area contributed by atoms with Gasteiger partial charge in [0.1, 0.15) is 18.4 Å². The van der Waals surface area contributed by atoms with E-state index in [0.29, 0.717) is 48.9 Å². The van der Waals surface area contributed by atoms with Crippen molar-refractivity contribution in [1.82, 2.24) is 15.1 Å². The van der Waals surface area contributed by atoms with Crippen molar-refractivity contribution in [2.75, 3.05) is 13.1 Å². The van der Waals surface area contributed by atoms with E-state index >= 15 is 0 Å². The summed E-state index contributed by atoms with van der Waals surface area (Å²) in [6.07, 6.45) is 3.69. The van der Waals surface area contributed by atoms with Gasteiger partial charge in [0.05, 0.1) is 6.54 Å². The summed E-state index contributed by atoms with van der Waals surface area (Å²) in [5.74, 6) is 1.10. The first-order chi connectivity index (χ1) is 19.4. The van der Waals surface area contributed by atoms with Crippen molar-refractivity contribution in [1.29, 1.82) is 0 Å². The van der Waals surface area contributed by atoms with Crippen LogP contribution in [0.1, 0.15) is 69.8 Å². The van der Waals surface area contributed by atoms with Crippen LogP contribution in [0, 0.1) is 6.92 Å². The molecule has 3 aromatic rings. The number of nitrogens with zero attached hydrogens (tertiary/aromatic N) is 2. The molecule has 2 saturated heterocycles. The summed E-state index contributed by atoms with van der Waals surface area (Å²) in [5.41, 5.74) is 7.39. The van der Waals surface area contributed by atoms with E-state index in [1.807, 2.05) is 18.2 Å². The molecule has 1 unspecified atom stereocenters. The number of carbonyl (C=O) groups is 2. The number of carbonyl (C=O) groups excluding carboxylic acids is 2. The predicted molar refractivity (Wildman–Crippen MR) is 156 cm³/mol. The fourth-order valence-electron chi connectivity index (χ4n) is 6.20. The molecule has 0 aromatic heterocycles. The number of benzene rings is 3. The molecule has 6 rings (SSSR count). The average Bonchev–Trinajstić information content (AvgIpc) is 3.30. The Labute approximate surface area is 236 Å². The zero-order valence-electron chi connectivity index (χ0n) is 23.2. The lowest BCUT2D eigenvalue weighted by Gasteiger charge is -2.32. The lowest BCUT2D eigenvalue weighted by molar-refractivity contribution is -0.126. The average molecular weight is 536 g/mol. The Morgan fingerprint density at radius 1 is 0.925 bits per heavy atom. The van der Waals surface area contributed by atoms with E-state index < -0.39 is 6.04 Å². The van der Waals surface area contributed by atoms with Gasteiger partial charge in [0, 0.05) is 23.4 Å². The molecule has 0 saturated carbocycles. The van der Waals surface area contributed by atoms with Crippen molar-refractivity contribution in [2.24, 2.45) is 0 Å². The number of piperidine rings is 2. The van der Waals surface area contributed by atoms with E-state index in [2.05, 4.69) is 72.3 Å². The fraction of sp³-hybridized carbons (Fsp3) is 0.353. The maximum atomic E-state index is 13.1. The molecular formula is C34H37N3O3. The molecule has 206 valence electrons. The molecule has 3 aliphatic rings. The highest BCUT2D eigenvalue weighted by atomic mass is 16.5. The quantitative estimate of drug-likeness (QED) is 0.422. The predicted octanol–water partition coefficient (Wildman–Crippen LogP) is 5.70. The van der Waals surface area contributed by atoms with Crippen molar-refractivity contribution in [3.05, 3.63) is 112 Å². The second kappa shape index (κ2) is 11.3. The van der Waals surface area contributed by atoms with E-state index in [-0.39, 0.29) is 11.8 Å². The van der Waals surface area contributed by atoms with Crippen LogP contribution in [0.25, 0.3) is 0 Å². The first-order valence-corrected chi connectivity index (χ1v) is 14.4. The van der Waals surface area contributed by atoms with E-state index in [9.17, 15) is 9.59 Å². The van der Waals surface area contributed by atoms with Gasteiger partial charge in [0.25, 0.3) is 5.91 Å². The van der Waals surface area contributed by atoms with Crippen LogP contribution in [0.2, 0.25) is 0 Å². The molecule has 0 aliphatic carbocycles. The number of fused-ring (bicyclic) bond motifs is 1. The second-order valence-electron chi connectivity index (χ2n) is 11.4. The SMILES string of the molecule is C=C1CCC(N2Cc3c(OCc4ccc(CN5CCC(c6ccc(C)cc6)CC5)cc4)cccc3C2=O)C(=O)N1. The Balaban J connectivity index is 1.03. The third-order valence-corrected chi connectivity index (χ3v) is 8.61. The molecule has 1 atom stereocenters. The smallest absolute Gasteiger partial charge is 0.255 e. The molecule has 6 heteroatoms. The van der Waals surface area contributed by atoms with Crippen LogP contribution in [0.4, 0.5) is 0 Å². The summed E-state index contributed by atoms with van der Waals surface area (Å²) in [6, 6.07) is 22.8. The molecular weight excluding hydrogens is 498 g/mol. The topological polar surface area (TPSA) is 61.9 Å². The largest absolute Gasteiger partial charge is 0.489 e. The van der Waals surface area contributed by atoms with Crippen molar-refractivity contribution in [3.8, 4) is 5.75 Å². The first-order valence-electron chi connectivity index (χ1n) is 14.4. The Morgan fingerprint density at radius 3 is 2.38 bits per heavy atom. The number of allylic oxidation sites excluding steroid dienone is 1. The standard InChI is InChI=1S/C34H37N3O3/c1-23-6-13-27(14-7-23)28-16-18-36(19-17-28)20-25-9-11-26(12-10-25)22-40-32-5-3-4-29-30(32)21-37(34(29)39)31-15-8-24(2)35-33(31)38/h3-7,9-14,28,31H,2,8,15-22H2,1H3,(H,35,38). The number of nitrogens with one attached hydrogen (secondary N) is 1. The zero-order chi connectivity index (χ0) is 27.6. The highest BCUT2D eigenvalue weighted by Crippen LogP contribution is 2.34. The van der Waals surface area contributed by atoms with Crippen molar-refractivity contribution in [3.63, 3.8) is 0 Å². The van der Waals surface area contributed by atoms with Crippen molar-refractivity contribution < 1.29 is 14.3 Å². The maximum Gasteiger partial charge on any atom is 0.255 e. The number of rotatable bonds is 7. The summed E-state index contributed by atoms with van der Waals surface area (Å²) in [4.78, 5) is 29.9. The highest BCUT2D eigenvalue weighted by molar-refractivity contribution is 6.02. The van der Waals surface area contributed by atoms with Gasteiger partial charge in [-0.3, -0.25) is 14.5 Å². The Bertz CT molecular complexity index is 1410. The van der Waals surface area contributed by atoms with Gasteiger partial charge in [-0.05, 0) is 80.4 Å². The van der Waals surface area contributed by atoms with Gasteiger partial charge in [-0.25, -0.2) is 0 Å². The second-order valence-corrected chi connectivity index (χ2v) is 11.4. The first kappa shape index (κ1) is 26.3. The van der Waals surface area contributed by atoms with Crippen LogP contribution in [0.5, 0.6) is 5.75 Å². The van der Waals surface area contributed by atoms with Crippen LogP contribution in [0.15, 0.2) is 79.0 Å². The lowest BCUT2D eigenvalue weighted by Crippen LogP contribution is -2.49. The van der Waals surface area contributed by atoms with Crippen LogP contribution < -0.4 is 10.1 Å². The van der Waals surface area contributed by atoms with E-state index in [1.54, 1.807) is 4.90 Å². The third kappa shape index (κ3) is 5.54. The summed E-state index contributed by atoms with van der Waals surface area (Å²) >= 11 is 0. The zero-order valence-corrected chi connectivity index (χ0v) is 23.2. The van der Waals surface area contributed by atoms with Gasteiger partial charge in [0.15, 0.2) is 0 Å². The molecule has 3 heterocycles. The minimum absolute atomic E-state index is 0.111. The van der Waals surface area contributed by atoms with Crippen molar-refractivity contribution in [2.45, 2.75) is 64.3 Å². The van der Waals surface area contributed by atoms with Gasteiger partial charge < -0.3 is 15.0 Å². The van der Waals surface area contributed by atoms with Gasteiger partial charge in [-0.1, -0.05) is 66.7 Å². The highest BCUT2D eigenvalue weighted by Gasteiger charge is 2.39. The Morgan fingerprint density at radius 2 is 1.65 bits per heavy atom. The van der Waals surface area contributed by atoms with Gasteiger partial charge in [0.2, 0.25) is 5.91 Å². The number of hydrogen-bond acceptors (Lipinski definition) is 4. The number of hydrogen-bond donors (Lipinski definition) is 1. The minimum atomic E-state index is -0.473. The number of amides is 2. The molecule has 40 heavy (non-hydrogen) atoms. The van der Waals surface area contributed by atoms with Crippen LogP contribution in [-0.2, 0) is 24.5 Å². The maximum absolute atomic E-state index is 13.1. The third-order valence-electron chi connectivity index (χ3n) is 8.61. The van der Waals surface area contributed by atoms with E-state index in [1.165, 1.54) is 29.5 Å². The molecule has 3 aromatic carbocycles. The van der Waals surface area contributed by atoms with Gasteiger partial charge in [-0.2, -0.15) is 0 Å². The molecule has 0 spiro atoms. The summed E-state index contributed by atoms with van der Waals surface area (Å²) in [6.45, 7) is 10.0. The molecule has 0 bridgehead atoms. The molecule has 0 radical (unpaired) electrons. The molecule has 2 fully saturated rings.